The van der Waals surface area contributed by atoms with Crippen molar-refractivity contribution in [2.24, 2.45) is 0 Å². The van der Waals surface area contributed by atoms with Crippen LogP contribution in [0.5, 0.6) is 0 Å². The molecule has 2 rings (SSSR count). The first-order valence-corrected chi connectivity index (χ1v) is 5.42. The maximum Gasteiger partial charge on any atom is 0.290 e. The number of hydrogen-bond donors (Lipinski definition) is 2. The highest BCUT2D eigenvalue weighted by molar-refractivity contribution is 5.40. The Bertz CT molecular complexity index is 604. The number of aromatic nitrogens is 2. The van der Waals surface area contributed by atoms with Crippen molar-refractivity contribution in [1.82, 2.24) is 9.78 Å². The Morgan fingerprint density at radius 3 is 2.94 bits per heavy atom. The molecule has 3 N–H and O–H groups in total. The molecule has 0 amide bonds. The number of hydrogen-bond acceptors (Lipinski definition) is 3. The van der Waals surface area contributed by atoms with Crippen LogP contribution in [0.2, 0.25) is 0 Å². The number of halogens is 1. The summed E-state index contributed by atoms with van der Waals surface area (Å²) in [4.78, 5) is 11.8. The fourth-order valence-electron chi connectivity index (χ4n) is 1.73. The zero-order valence-electron chi connectivity index (χ0n) is 9.94. The minimum Gasteiger partial charge on any atom is -0.393 e. The SMILES string of the molecule is COCc1[nH]n(Cc2cccc(F)c2)c(=O)c1N. The summed E-state index contributed by atoms with van der Waals surface area (Å²) in [5, 5.41) is 2.85. The summed E-state index contributed by atoms with van der Waals surface area (Å²) in [7, 11) is 1.52. The molecule has 0 atom stereocenters. The Morgan fingerprint density at radius 2 is 2.28 bits per heavy atom. The normalized spacial score (nSPS) is 10.8. The fourth-order valence-corrected chi connectivity index (χ4v) is 1.73. The third-order valence-electron chi connectivity index (χ3n) is 2.59. The molecular formula is C12H14FN3O2. The summed E-state index contributed by atoms with van der Waals surface area (Å²) in [6.07, 6.45) is 0. The van der Waals surface area contributed by atoms with E-state index in [-0.39, 0.29) is 30.2 Å². The lowest BCUT2D eigenvalue weighted by atomic mass is 10.2. The van der Waals surface area contributed by atoms with Crippen LogP contribution in [-0.4, -0.2) is 16.9 Å². The van der Waals surface area contributed by atoms with Gasteiger partial charge in [-0.25, -0.2) is 9.07 Å². The molecule has 1 aromatic carbocycles. The first-order valence-electron chi connectivity index (χ1n) is 5.42. The lowest BCUT2D eigenvalue weighted by molar-refractivity contribution is 0.181. The van der Waals surface area contributed by atoms with Crippen molar-refractivity contribution in [2.45, 2.75) is 13.2 Å². The van der Waals surface area contributed by atoms with E-state index in [1.165, 1.54) is 23.9 Å². The van der Waals surface area contributed by atoms with Gasteiger partial charge in [-0.3, -0.25) is 9.89 Å². The highest BCUT2D eigenvalue weighted by atomic mass is 19.1. The Morgan fingerprint density at radius 1 is 1.50 bits per heavy atom. The molecule has 0 saturated heterocycles. The molecule has 0 aliphatic heterocycles. The first kappa shape index (κ1) is 12.4. The number of methoxy groups -OCH3 is 1. The fraction of sp³-hybridized carbons (Fsp3) is 0.250. The maximum atomic E-state index is 13.0. The van der Waals surface area contributed by atoms with Crippen LogP contribution in [0.25, 0.3) is 0 Å². The van der Waals surface area contributed by atoms with Gasteiger partial charge in [0.15, 0.2) is 0 Å². The summed E-state index contributed by atoms with van der Waals surface area (Å²) >= 11 is 0. The van der Waals surface area contributed by atoms with Crippen molar-refractivity contribution in [3.8, 4) is 0 Å². The van der Waals surface area contributed by atoms with Crippen LogP contribution in [0.15, 0.2) is 29.1 Å². The van der Waals surface area contributed by atoms with E-state index < -0.39 is 0 Å². The third-order valence-corrected chi connectivity index (χ3v) is 2.59. The number of nitrogens with one attached hydrogen (secondary N) is 1. The molecular weight excluding hydrogens is 237 g/mol. The predicted octanol–water partition coefficient (Wildman–Crippen LogP) is 1.09. The van der Waals surface area contributed by atoms with Gasteiger partial charge in [0.05, 0.1) is 18.8 Å². The molecule has 1 heterocycles. The van der Waals surface area contributed by atoms with Crippen LogP contribution in [0.1, 0.15) is 11.3 Å². The van der Waals surface area contributed by atoms with Gasteiger partial charge in [-0.05, 0) is 17.7 Å². The maximum absolute atomic E-state index is 13.0. The zero-order valence-corrected chi connectivity index (χ0v) is 9.94. The van der Waals surface area contributed by atoms with Gasteiger partial charge < -0.3 is 10.5 Å². The molecule has 0 fully saturated rings. The second kappa shape index (κ2) is 5.05. The van der Waals surface area contributed by atoms with Crippen molar-refractivity contribution >= 4 is 5.69 Å². The minimum atomic E-state index is -0.336. The van der Waals surface area contributed by atoms with E-state index in [2.05, 4.69) is 5.10 Å². The molecule has 1 aromatic heterocycles. The van der Waals surface area contributed by atoms with Crippen LogP contribution in [-0.2, 0) is 17.9 Å². The van der Waals surface area contributed by atoms with Crippen molar-refractivity contribution in [1.29, 1.82) is 0 Å². The van der Waals surface area contributed by atoms with E-state index in [4.69, 9.17) is 10.5 Å². The number of H-pyrrole nitrogens is 1. The van der Waals surface area contributed by atoms with Gasteiger partial charge in [-0.1, -0.05) is 12.1 Å². The second-order valence-electron chi connectivity index (χ2n) is 3.96. The van der Waals surface area contributed by atoms with Gasteiger partial charge in [0.1, 0.15) is 11.5 Å². The van der Waals surface area contributed by atoms with E-state index in [9.17, 15) is 9.18 Å². The van der Waals surface area contributed by atoms with E-state index in [0.717, 1.165) is 0 Å². The van der Waals surface area contributed by atoms with Crippen LogP contribution in [0.3, 0.4) is 0 Å². The molecule has 0 aliphatic carbocycles. The second-order valence-corrected chi connectivity index (χ2v) is 3.96. The number of rotatable bonds is 4. The van der Waals surface area contributed by atoms with E-state index in [1.807, 2.05) is 0 Å². The summed E-state index contributed by atoms with van der Waals surface area (Å²) in [6, 6.07) is 6.06. The van der Waals surface area contributed by atoms with Crippen LogP contribution in [0.4, 0.5) is 10.1 Å². The topological polar surface area (TPSA) is 73.0 Å². The average Bonchev–Trinajstić information content (AvgIpc) is 2.59. The summed E-state index contributed by atoms with van der Waals surface area (Å²) in [6.45, 7) is 0.474. The first-order chi connectivity index (χ1) is 8.61. The highest BCUT2D eigenvalue weighted by Gasteiger charge is 2.10. The molecule has 0 saturated carbocycles. The van der Waals surface area contributed by atoms with Gasteiger partial charge >= 0.3 is 0 Å². The van der Waals surface area contributed by atoms with Crippen LogP contribution >= 0.6 is 0 Å². The zero-order chi connectivity index (χ0) is 13.1. The standard InChI is InChI=1S/C12H14FN3O2/c1-18-7-10-11(14)12(17)16(15-10)6-8-3-2-4-9(13)5-8/h2-5,15H,6-7,14H2,1H3. The van der Waals surface area contributed by atoms with Gasteiger partial charge in [-0.2, -0.15) is 0 Å². The third kappa shape index (κ3) is 2.43. The summed E-state index contributed by atoms with van der Waals surface area (Å²) < 4.78 is 19.3. The Balaban J connectivity index is 2.29. The van der Waals surface area contributed by atoms with Gasteiger partial charge in [0.2, 0.25) is 0 Å². The van der Waals surface area contributed by atoms with Crippen molar-refractivity contribution < 1.29 is 9.13 Å². The van der Waals surface area contributed by atoms with Crippen molar-refractivity contribution in [3.63, 3.8) is 0 Å². The Labute approximate surface area is 103 Å². The molecule has 0 radical (unpaired) electrons. The van der Waals surface area contributed by atoms with E-state index >= 15 is 0 Å². The molecule has 96 valence electrons. The molecule has 18 heavy (non-hydrogen) atoms. The lowest BCUT2D eigenvalue weighted by Gasteiger charge is -2.02. The molecule has 0 bridgehead atoms. The highest BCUT2D eigenvalue weighted by Crippen LogP contribution is 2.08. The molecule has 0 spiro atoms. The number of benzene rings is 1. The largest absolute Gasteiger partial charge is 0.393 e. The quantitative estimate of drug-likeness (QED) is 0.854. The van der Waals surface area contributed by atoms with Gasteiger partial charge in [0.25, 0.3) is 5.56 Å². The summed E-state index contributed by atoms with van der Waals surface area (Å²) in [5.74, 6) is -0.336. The van der Waals surface area contributed by atoms with E-state index in [0.29, 0.717) is 11.3 Å². The van der Waals surface area contributed by atoms with E-state index in [1.54, 1.807) is 12.1 Å². The number of nitrogen functional groups attached to an aromatic ring is 1. The number of nitrogens with zero attached hydrogens (tertiary/aromatic N) is 1. The predicted molar refractivity (Wildman–Crippen MR) is 65.7 cm³/mol. The lowest BCUT2D eigenvalue weighted by Crippen LogP contribution is -2.19. The summed E-state index contributed by atoms with van der Waals surface area (Å²) in [5.41, 5.74) is 6.67. The minimum absolute atomic E-state index is 0.133. The molecule has 0 aliphatic rings. The monoisotopic (exact) mass is 251 g/mol. The molecule has 0 unspecified atom stereocenters. The van der Waals surface area contributed by atoms with Gasteiger partial charge in [-0.15, -0.1) is 0 Å². The molecule has 6 heteroatoms. The van der Waals surface area contributed by atoms with Crippen molar-refractivity contribution in [3.05, 3.63) is 51.7 Å². The molecule has 5 nitrogen and oxygen atoms in total. The smallest absolute Gasteiger partial charge is 0.290 e. The Kier molecular flexibility index (Phi) is 3.47. The Hall–Kier alpha value is -2.08. The average molecular weight is 251 g/mol. The number of anilines is 1. The van der Waals surface area contributed by atoms with Crippen molar-refractivity contribution in [2.75, 3.05) is 12.8 Å². The number of aromatic amines is 1. The van der Waals surface area contributed by atoms with Crippen LogP contribution in [0, 0.1) is 5.82 Å². The van der Waals surface area contributed by atoms with Crippen LogP contribution < -0.4 is 11.3 Å². The number of ether oxygens (including phenoxy) is 1. The number of nitrogens with two attached hydrogens (primary N) is 1. The van der Waals surface area contributed by atoms with Gasteiger partial charge in [0, 0.05) is 7.11 Å². The molecule has 2 aromatic rings.